The van der Waals surface area contributed by atoms with Gasteiger partial charge in [0, 0.05) is 32.4 Å². The number of ether oxygens (including phenoxy) is 2. The summed E-state index contributed by atoms with van der Waals surface area (Å²) in [6.45, 7) is 5.55. The van der Waals surface area contributed by atoms with E-state index in [0.29, 0.717) is 13.2 Å². The Morgan fingerprint density at radius 3 is 2.92 bits per heavy atom. The van der Waals surface area contributed by atoms with Crippen molar-refractivity contribution in [1.29, 1.82) is 0 Å². The van der Waals surface area contributed by atoms with Gasteiger partial charge in [-0.2, -0.15) is 0 Å². The maximum absolute atomic E-state index is 13.6. The predicted octanol–water partition coefficient (Wildman–Crippen LogP) is 2.54. The zero-order valence-electron chi connectivity index (χ0n) is 13.6. The third-order valence-corrected chi connectivity index (χ3v) is 3.90. The van der Waals surface area contributed by atoms with Gasteiger partial charge >= 0.3 is 0 Å². The number of rotatable bonds is 7. The molecule has 1 N–H and O–H groups in total. The predicted molar refractivity (Wildman–Crippen MR) is 90.7 cm³/mol. The molecule has 6 heteroatoms. The van der Waals surface area contributed by atoms with E-state index in [4.69, 9.17) is 9.47 Å². The molecule has 0 spiro atoms. The van der Waals surface area contributed by atoms with Gasteiger partial charge in [-0.25, -0.2) is 9.37 Å². The van der Waals surface area contributed by atoms with Crippen LogP contribution in [0.25, 0.3) is 0 Å². The van der Waals surface area contributed by atoms with E-state index >= 15 is 0 Å². The molecule has 1 aromatic heterocycles. The van der Waals surface area contributed by atoms with Crippen LogP contribution in [0.4, 0.5) is 10.2 Å². The van der Waals surface area contributed by atoms with Crippen LogP contribution >= 0.6 is 0 Å². The first-order chi connectivity index (χ1) is 11.8. The molecule has 1 saturated heterocycles. The molecular weight excluding hydrogens is 309 g/mol. The standard InChI is InChI=1S/C18H22FN3O2/c19-17-5-2-6-20-18(17)21-14-15-3-1-4-16(13-15)24-12-9-22-7-10-23-11-8-22/h1-6,13H,7-12,14H2,(H,20,21). The Kier molecular flexibility index (Phi) is 5.98. The van der Waals surface area contributed by atoms with Crippen molar-refractivity contribution in [2.45, 2.75) is 6.54 Å². The van der Waals surface area contributed by atoms with Crippen molar-refractivity contribution in [1.82, 2.24) is 9.88 Å². The molecule has 0 unspecified atom stereocenters. The molecule has 2 aromatic rings. The molecular formula is C18H22FN3O2. The number of morpholine rings is 1. The van der Waals surface area contributed by atoms with E-state index < -0.39 is 0 Å². The van der Waals surface area contributed by atoms with Gasteiger partial charge in [0.1, 0.15) is 12.4 Å². The molecule has 0 atom stereocenters. The Bertz CT molecular complexity index is 648. The van der Waals surface area contributed by atoms with Crippen LogP contribution in [0.1, 0.15) is 5.56 Å². The van der Waals surface area contributed by atoms with Crippen molar-refractivity contribution in [3.05, 3.63) is 54.0 Å². The molecule has 0 aliphatic carbocycles. The second-order valence-electron chi connectivity index (χ2n) is 5.64. The van der Waals surface area contributed by atoms with Gasteiger partial charge in [-0.3, -0.25) is 4.90 Å². The van der Waals surface area contributed by atoms with Crippen LogP contribution in [0.2, 0.25) is 0 Å². The Morgan fingerprint density at radius 1 is 1.21 bits per heavy atom. The van der Waals surface area contributed by atoms with E-state index in [2.05, 4.69) is 15.2 Å². The second-order valence-corrected chi connectivity index (χ2v) is 5.64. The summed E-state index contributed by atoms with van der Waals surface area (Å²) in [5.74, 6) is 0.732. The molecule has 0 amide bonds. The molecule has 1 fully saturated rings. The Labute approximate surface area is 141 Å². The van der Waals surface area contributed by atoms with E-state index in [1.165, 1.54) is 6.07 Å². The second kappa shape index (κ2) is 8.61. The fraction of sp³-hybridized carbons (Fsp3) is 0.389. The smallest absolute Gasteiger partial charge is 0.165 e. The van der Waals surface area contributed by atoms with Gasteiger partial charge in [0.15, 0.2) is 11.6 Å². The molecule has 0 bridgehead atoms. The number of anilines is 1. The first kappa shape index (κ1) is 16.7. The highest BCUT2D eigenvalue weighted by Gasteiger charge is 2.09. The molecule has 128 valence electrons. The van der Waals surface area contributed by atoms with E-state index in [0.717, 1.165) is 44.2 Å². The summed E-state index contributed by atoms with van der Waals surface area (Å²) in [5, 5.41) is 3.00. The summed E-state index contributed by atoms with van der Waals surface area (Å²) in [6, 6.07) is 10.8. The summed E-state index contributed by atoms with van der Waals surface area (Å²) in [4.78, 5) is 6.32. The number of hydrogen-bond donors (Lipinski definition) is 1. The molecule has 24 heavy (non-hydrogen) atoms. The Balaban J connectivity index is 1.47. The van der Waals surface area contributed by atoms with Crippen LogP contribution in [-0.2, 0) is 11.3 Å². The highest BCUT2D eigenvalue weighted by atomic mass is 19.1. The maximum atomic E-state index is 13.6. The van der Waals surface area contributed by atoms with Crippen molar-refractivity contribution < 1.29 is 13.9 Å². The Hall–Kier alpha value is -2.18. The lowest BCUT2D eigenvalue weighted by Crippen LogP contribution is -2.38. The minimum Gasteiger partial charge on any atom is -0.492 e. The van der Waals surface area contributed by atoms with Crippen LogP contribution in [-0.4, -0.2) is 49.3 Å². The van der Waals surface area contributed by atoms with Gasteiger partial charge in [-0.1, -0.05) is 12.1 Å². The summed E-state index contributed by atoms with van der Waals surface area (Å²) in [7, 11) is 0. The number of nitrogens with one attached hydrogen (secondary N) is 1. The lowest BCUT2D eigenvalue weighted by molar-refractivity contribution is 0.0322. The molecule has 5 nitrogen and oxygen atoms in total. The molecule has 1 aromatic carbocycles. The number of halogens is 1. The fourth-order valence-electron chi connectivity index (χ4n) is 2.56. The lowest BCUT2D eigenvalue weighted by Gasteiger charge is -2.26. The first-order valence-corrected chi connectivity index (χ1v) is 8.17. The minimum atomic E-state index is -0.351. The van der Waals surface area contributed by atoms with Gasteiger partial charge in [0.25, 0.3) is 0 Å². The van der Waals surface area contributed by atoms with Gasteiger partial charge in [0.05, 0.1) is 13.2 Å². The molecule has 3 rings (SSSR count). The van der Waals surface area contributed by atoms with Gasteiger partial charge in [-0.15, -0.1) is 0 Å². The van der Waals surface area contributed by atoms with E-state index in [-0.39, 0.29) is 11.6 Å². The van der Waals surface area contributed by atoms with Crippen molar-refractivity contribution in [3.8, 4) is 5.75 Å². The summed E-state index contributed by atoms with van der Waals surface area (Å²) in [6.07, 6.45) is 1.57. The lowest BCUT2D eigenvalue weighted by atomic mass is 10.2. The van der Waals surface area contributed by atoms with E-state index in [1.807, 2.05) is 24.3 Å². The summed E-state index contributed by atoms with van der Waals surface area (Å²) in [5.41, 5.74) is 1.02. The third kappa shape index (κ3) is 4.91. The number of aromatic nitrogens is 1. The van der Waals surface area contributed by atoms with Crippen LogP contribution in [0.5, 0.6) is 5.75 Å². The average Bonchev–Trinajstić information content (AvgIpc) is 2.62. The summed E-state index contributed by atoms with van der Waals surface area (Å²) < 4.78 is 24.7. The third-order valence-electron chi connectivity index (χ3n) is 3.90. The molecule has 1 aliphatic rings. The van der Waals surface area contributed by atoms with Crippen LogP contribution < -0.4 is 10.1 Å². The molecule has 1 aliphatic heterocycles. The normalized spacial score (nSPS) is 15.2. The highest BCUT2D eigenvalue weighted by Crippen LogP contribution is 2.16. The van der Waals surface area contributed by atoms with Crippen molar-refractivity contribution in [2.24, 2.45) is 0 Å². The molecule has 0 saturated carbocycles. The number of benzene rings is 1. The SMILES string of the molecule is Fc1cccnc1NCc1cccc(OCCN2CCOCC2)c1. The first-order valence-electron chi connectivity index (χ1n) is 8.17. The topological polar surface area (TPSA) is 46.6 Å². The quantitative estimate of drug-likeness (QED) is 0.845. The van der Waals surface area contributed by atoms with Gasteiger partial charge in [0.2, 0.25) is 0 Å². The minimum absolute atomic E-state index is 0.260. The zero-order valence-corrected chi connectivity index (χ0v) is 13.6. The summed E-state index contributed by atoms with van der Waals surface area (Å²) >= 11 is 0. The molecule has 2 heterocycles. The van der Waals surface area contributed by atoms with Crippen LogP contribution in [0.3, 0.4) is 0 Å². The average molecular weight is 331 g/mol. The largest absolute Gasteiger partial charge is 0.492 e. The van der Waals surface area contributed by atoms with E-state index in [1.54, 1.807) is 12.3 Å². The van der Waals surface area contributed by atoms with Crippen molar-refractivity contribution in [2.75, 3.05) is 44.8 Å². The van der Waals surface area contributed by atoms with Crippen molar-refractivity contribution in [3.63, 3.8) is 0 Å². The highest BCUT2D eigenvalue weighted by molar-refractivity contribution is 5.38. The van der Waals surface area contributed by atoms with E-state index in [9.17, 15) is 4.39 Å². The zero-order chi connectivity index (χ0) is 16.6. The number of hydrogen-bond acceptors (Lipinski definition) is 5. The van der Waals surface area contributed by atoms with Gasteiger partial charge in [-0.05, 0) is 29.8 Å². The van der Waals surface area contributed by atoms with Crippen LogP contribution in [0.15, 0.2) is 42.6 Å². The van der Waals surface area contributed by atoms with Crippen molar-refractivity contribution >= 4 is 5.82 Å². The number of pyridine rings is 1. The number of nitrogens with zero attached hydrogens (tertiary/aromatic N) is 2. The van der Waals surface area contributed by atoms with Gasteiger partial charge < -0.3 is 14.8 Å². The maximum Gasteiger partial charge on any atom is 0.165 e. The molecule has 0 radical (unpaired) electrons. The van der Waals surface area contributed by atoms with Crippen LogP contribution in [0, 0.1) is 5.82 Å². The fourth-order valence-corrected chi connectivity index (χ4v) is 2.56. The Morgan fingerprint density at radius 2 is 2.08 bits per heavy atom. The monoisotopic (exact) mass is 331 g/mol.